The molecule has 0 amide bonds. The summed E-state index contributed by atoms with van der Waals surface area (Å²) in [4.78, 5) is 3.47. The Kier molecular flexibility index (Phi) is 2.83. The molecule has 0 N–H and O–H groups in total. The SMILES string of the molecule is COc1cc(C)cc(OC(F)(F)F)n1. The zero-order valence-corrected chi connectivity index (χ0v) is 7.55. The van der Waals surface area contributed by atoms with Gasteiger partial charge in [0.25, 0.3) is 0 Å². The van der Waals surface area contributed by atoms with E-state index < -0.39 is 12.2 Å². The van der Waals surface area contributed by atoms with Gasteiger partial charge in [-0.2, -0.15) is 4.98 Å². The maximum absolute atomic E-state index is 11.8. The second-order valence-corrected chi connectivity index (χ2v) is 2.57. The van der Waals surface area contributed by atoms with E-state index in [-0.39, 0.29) is 5.88 Å². The average molecular weight is 207 g/mol. The number of halogens is 3. The molecule has 0 bridgehead atoms. The number of nitrogens with zero attached hydrogens (tertiary/aromatic N) is 1. The predicted molar refractivity (Wildman–Crippen MR) is 42.2 cm³/mol. The van der Waals surface area contributed by atoms with Crippen LogP contribution in [0.15, 0.2) is 12.1 Å². The Morgan fingerprint density at radius 2 is 1.79 bits per heavy atom. The van der Waals surface area contributed by atoms with Crippen molar-refractivity contribution < 1.29 is 22.6 Å². The van der Waals surface area contributed by atoms with Crippen molar-refractivity contribution in [2.45, 2.75) is 13.3 Å². The van der Waals surface area contributed by atoms with E-state index in [9.17, 15) is 13.2 Å². The smallest absolute Gasteiger partial charge is 0.481 e. The number of ether oxygens (including phenoxy) is 2. The van der Waals surface area contributed by atoms with E-state index in [1.54, 1.807) is 6.92 Å². The molecule has 0 fully saturated rings. The summed E-state index contributed by atoms with van der Waals surface area (Å²) in [5.74, 6) is -0.432. The first-order valence-electron chi connectivity index (χ1n) is 3.69. The molecule has 0 radical (unpaired) electrons. The van der Waals surface area contributed by atoms with Crippen LogP contribution >= 0.6 is 0 Å². The molecule has 0 spiro atoms. The highest BCUT2D eigenvalue weighted by atomic mass is 19.4. The van der Waals surface area contributed by atoms with Gasteiger partial charge in [0.2, 0.25) is 11.8 Å². The molecule has 0 unspecified atom stereocenters. The van der Waals surface area contributed by atoms with Gasteiger partial charge < -0.3 is 9.47 Å². The molecule has 14 heavy (non-hydrogen) atoms. The topological polar surface area (TPSA) is 31.4 Å². The first kappa shape index (κ1) is 10.6. The van der Waals surface area contributed by atoms with E-state index in [0.717, 1.165) is 0 Å². The predicted octanol–water partition coefficient (Wildman–Crippen LogP) is 2.30. The van der Waals surface area contributed by atoms with Gasteiger partial charge >= 0.3 is 6.36 Å². The normalized spacial score (nSPS) is 11.2. The highest BCUT2D eigenvalue weighted by Crippen LogP contribution is 2.23. The molecular weight excluding hydrogens is 199 g/mol. The van der Waals surface area contributed by atoms with Gasteiger partial charge in [-0.05, 0) is 12.5 Å². The molecule has 1 aromatic heterocycles. The Bertz CT molecular complexity index is 325. The molecule has 0 aliphatic carbocycles. The quantitative estimate of drug-likeness (QED) is 0.745. The molecule has 0 saturated heterocycles. The number of pyridine rings is 1. The fourth-order valence-electron chi connectivity index (χ4n) is 0.880. The third-order valence-corrected chi connectivity index (χ3v) is 1.35. The van der Waals surface area contributed by atoms with Crippen LogP contribution in [0, 0.1) is 6.92 Å². The summed E-state index contributed by atoms with van der Waals surface area (Å²) in [6, 6.07) is 2.68. The lowest BCUT2D eigenvalue weighted by atomic mass is 10.3. The van der Waals surface area contributed by atoms with Crippen LogP contribution in [0.5, 0.6) is 11.8 Å². The second kappa shape index (κ2) is 3.73. The molecule has 0 atom stereocenters. The number of alkyl halides is 3. The Balaban J connectivity index is 2.92. The summed E-state index contributed by atoms with van der Waals surface area (Å²) < 4.78 is 43.7. The van der Waals surface area contributed by atoms with Crippen molar-refractivity contribution in [2.24, 2.45) is 0 Å². The minimum absolute atomic E-state index is 0.0873. The van der Waals surface area contributed by atoms with Gasteiger partial charge in [-0.1, -0.05) is 0 Å². The summed E-state index contributed by atoms with van der Waals surface area (Å²) in [6.07, 6.45) is -4.73. The number of aryl methyl sites for hydroxylation is 1. The van der Waals surface area contributed by atoms with Crippen LogP contribution in [0.4, 0.5) is 13.2 Å². The summed E-state index contributed by atoms with van der Waals surface area (Å²) in [5.41, 5.74) is 0.580. The molecule has 6 heteroatoms. The van der Waals surface area contributed by atoms with Gasteiger partial charge in [0.15, 0.2) is 0 Å². The van der Waals surface area contributed by atoms with Crippen molar-refractivity contribution in [1.82, 2.24) is 4.98 Å². The van der Waals surface area contributed by atoms with E-state index in [2.05, 4.69) is 9.72 Å². The zero-order valence-electron chi connectivity index (χ0n) is 7.55. The Labute approximate surface area is 78.5 Å². The third-order valence-electron chi connectivity index (χ3n) is 1.35. The molecule has 1 heterocycles. The number of aromatic nitrogens is 1. The number of methoxy groups -OCH3 is 1. The maximum atomic E-state index is 11.8. The standard InChI is InChI=1S/C8H8F3NO2/c1-5-3-6(13-2)12-7(4-5)14-8(9,10)11/h3-4H,1-2H3. The second-order valence-electron chi connectivity index (χ2n) is 2.57. The monoisotopic (exact) mass is 207 g/mol. The van der Waals surface area contributed by atoms with Gasteiger partial charge in [0.05, 0.1) is 7.11 Å². The largest absolute Gasteiger partial charge is 0.574 e. The van der Waals surface area contributed by atoms with Gasteiger partial charge in [-0.3, -0.25) is 0 Å². The number of hydrogen-bond donors (Lipinski definition) is 0. The molecule has 0 aromatic carbocycles. The van der Waals surface area contributed by atoms with Crippen molar-refractivity contribution in [2.75, 3.05) is 7.11 Å². The van der Waals surface area contributed by atoms with Crippen LogP contribution in [-0.4, -0.2) is 18.5 Å². The van der Waals surface area contributed by atoms with Gasteiger partial charge in [-0.15, -0.1) is 13.2 Å². The first-order chi connectivity index (χ1) is 6.40. The molecule has 1 rings (SSSR count). The number of hydrogen-bond acceptors (Lipinski definition) is 3. The fraction of sp³-hybridized carbons (Fsp3) is 0.375. The minimum Gasteiger partial charge on any atom is -0.481 e. The molecule has 0 saturated carbocycles. The number of rotatable bonds is 2. The highest BCUT2D eigenvalue weighted by Gasteiger charge is 2.32. The van der Waals surface area contributed by atoms with Crippen molar-refractivity contribution in [3.8, 4) is 11.8 Å². The van der Waals surface area contributed by atoms with Gasteiger partial charge in [0, 0.05) is 12.1 Å². The average Bonchev–Trinajstić information content (AvgIpc) is 1.99. The lowest BCUT2D eigenvalue weighted by Crippen LogP contribution is -2.18. The molecule has 0 aliphatic rings. The fourth-order valence-corrected chi connectivity index (χ4v) is 0.880. The van der Waals surface area contributed by atoms with Crippen LogP contribution in [0.2, 0.25) is 0 Å². The summed E-state index contributed by atoms with van der Waals surface area (Å²) in [5, 5.41) is 0. The molecule has 78 valence electrons. The molecular formula is C8H8F3NO2. The van der Waals surface area contributed by atoms with Crippen molar-refractivity contribution in [3.63, 3.8) is 0 Å². The Hall–Kier alpha value is -1.46. The summed E-state index contributed by atoms with van der Waals surface area (Å²) in [6.45, 7) is 1.62. The molecule has 0 aliphatic heterocycles. The van der Waals surface area contributed by atoms with E-state index in [1.165, 1.54) is 19.2 Å². The summed E-state index contributed by atoms with van der Waals surface area (Å²) >= 11 is 0. The Morgan fingerprint density at radius 3 is 2.29 bits per heavy atom. The van der Waals surface area contributed by atoms with Gasteiger partial charge in [-0.25, -0.2) is 0 Å². The van der Waals surface area contributed by atoms with Crippen molar-refractivity contribution in [1.29, 1.82) is 0 Å². The van der Waals surface area contributed by atoms with Crippen LogP contribution in [-0.2, 0) is 0 Å². The zero-order chi connectivity index (χ0) is 10.8. The van der Waals surface area contributed by atoms with E-state index in [1.807, 2.05) is 0 Å². The van der Waals surface area contributed by atoms with E-state index in [4.69, 9.17) is 4.74 Å². The van der Waals surface area contributed by atoms with Crippen LogP contribution in [0.1, 0.15) is 5.56 Å². The van der Waals surface area contributed by atoms with Crippen LogP contribution in [0.25, 0.3) is 0 Å². The van der Waals surface area contributed by atoms with Crippen LogP contribution < -0.4 is 9.47 Å². The van der Waals surface area contributed by atoms with Gasteiger partial charge in [0.1, 0.15) is 0 Å². The van der Waals surface area contributed by atoms with E-state index in [0.29, 0.717) is 5.56 Å². The van der Waals surface area contributed by atoms with Crippen molar-refractivity contribution in [3.05, 3.63) is 17.7 Å². The molecule has 1 aromatic rings. The van der Waals surface area contributed by atoms with E-state index >= 15 is 0 Å². The lowest BCUT2D eigenvalue weighted by molar-refractivity contribution is -0.276. The van der Waals surface area contributed by atoms with Crippen LogP contribution in [0.3, 0.4) is 0 Å². The summed E-state index contributed by atoms with van der Waals surface area (Å²) in [7, 11) is 1.32. The minimum atomic E-state index is -4.73. The third kappa shape index (κ3) is 3.12. The lowest BCUT2D eigenvalue weighted by Gasteiger charge is -2.09. The highest BCUT2D eigenvalue weighted by molar-refractivity contribution is 5.27. The Morgan fingerprint density at radius 1 is 1.21 bits per heavy atom. The first-order valence-corrected chi connectivity index (χ1v) is 3.69. The molecule has 3 nitrogen and oxygen atoms in total. The maximum Gasteiger partial charge on any atom is 0.574 e. The van der Waals surface area contributed by atoms with Crippen molar-refractivity contribution >= 4 is 0 Å².